The molecule has 2 fully saturated rings. The number of aryl methyl sites for hydroxylation is 1. The fourth-order valence-corrected chi connectivity index (χ4v) is 6.71. The molecule has 3 aromatic rings. The Labute approximate surface area is 243 Å². The minimum Gasteiger partial charge on any atom is -0.350 e. The molecule has 0 spiro atoms. The Morgan fingerprint density at radius 2 is 1.83 bits per heavy atom. The van der Waals surface area contributed by atoms with Crippen molar-refractivity contribution in [3.05, 3.63) is 59.4 Å². The number of nitrogens with zero attached hydrogens (tertiary/aromatic N) is 4. The molecular formula is C33H45FN4O3. The first-order chi connectivity index (χ1) is 19.7. The molecule has 0 aliphatic carbocycles. The number of likely N-dealkylation sites (tertiary alicyclic amines) is 1. The fraction of sp³-hybridized carbons (Fsp3) is 0.576. The Balaban J connectivity index is 1.39. The van der Waals surface area contributed by atoms with E-state index in [9.17, 15) is 9.18 Å². The van der Waals surface area contributed by atoms with Crippen LogP contribution in [-0.4, -0.2) is 76.3 Å². The summed E-state index contributed by atoms with van der Waals surface area (Å²) in [5.41, 5.74) is 5.26. The van der Waals surface area contributed by atoms with Crippen LogP contribution in [0.15, 0.2) is 36.7 Å². The van der Waals surface area contributed by atoms with E-state index in [1.54, 1.807) is 11.0 Å². The first-order valence-electron chi connectivity index (χ1n) is 15.2. The summed E-state index contributed by atoms with van der Waals surface area (Å²) in [7, 11) is 0. The standard InChI is InChI=1S/C33H45FN4O3/c1-7-37(22(4)5)33(39)29-15-25(34)8-9-27(29)28-16-26(38-23(6)17-35-18-31(28)38)14-24-19-36(20-24)30(21(2)3)10-11-32-40-12-13-41-32/h8-9,15-18,21-22,24,30,32H,7,10-14,19-20H2,1-6H3/t30-/m0/s1. The summed E-state index contributed by atoms with van der Waals surface area (Å²) in [5.74, 6) is 0.547. The second-order valence-corrected chi connectivity index (χ2v) is 12.3. The van der Waals surface area contributed by atoms with Gasteiger partial charge in [0.2, 0.25) is 0 Å². The van der Waals surface area contributed by atoms with E-state index >= 15 is 0 Å². The molecule has 1 atom stereocenters. The van der Waals surface area contributed by atoms with Crippen LogP contribution >= 0.6 is 0 Å². The highest BCUT2D eigenvalue weighted by Gasteiger charge is 2.35. The number of amides is 1. The molecule has 1 aromatic carbocycles. The van der Waals surface area contributed by atoms with Crippen molar-refractivity contribution < 1.29 is 18.7 Å². The summed E-state index contributed by atoms with van der Waals surface area (Å²) >= 11 is 0. The summed E-state index contributed by atoms with van der Waals surface area (Å²) in [6.45, 7) is 16.7. The average Bonchev–Trinajstić information content (AvgIpc) is 3.56. The smallest absolute Gasteiger partial charge is 0.254 e. The Morgan fingerprint density at radius 1 is 1.10 bits per heavy atom. The second kappa shape index (κ2) is 12.6. The highest BCUT2D eigenvalue weighted by Crippen LogP contribution is 2.35. The van der Waals surface area contributed by atoms with Crippen molar-refractivity contribution in [3.8, 4) is 11.1 Å². The Hall–Kier alpha value is -2.81. The average molecular weight is 565 g/mol. The van der Waals surface area contributed by atoms with Gasteiger partial charge < -0.3 is 18.8 Å². The van der Waals surface area contributed by atoms with Crippen molar-refractivity contribution in [2.45, 2.75) is 79.2 Å². The summed E-state index contributed by atoms with van der Waals surface area (Å²) in [6, 6.07) is 7.29. The number of ether oxygens (including phenoxy) is 2. The van der Waals surface area contributed by atoms with Crippen LogP contribution in [0.2, 0.25) is 0 Å². The van der Waals surface area contributed by atoms with Gasteiger partial charge in [0.15, 0.2) is 6.29 Å². The van der Waals surface area contributed by atoms with Crippen LogP contribution < -0.4 is 0 Å². The van der Waals surface area contributed by atoms with Crippen molar-refractivity contribution in [2.75, 3.05) is 32.8 Å². The molecule has 0 radical (unpaired) electrons. The first-order valence-corrected chi connectivity index (χ1v) is 15.2. The van der Waals surface area contributed by atoms with Gasteiger partial charge in [-0.1, -0.05) is 19.9 Å². The summed E-state index contributed by atoms with van der Waals surface area (Å²) < 4.78 is 28.1. The molecular weight excluding hydrogens is 519 g/mol. The lowest BCUT2D eigenvalue weighted by Gasteiger charge is -2.46. The lowest BCUT2D eigenvalue weighted by Crippen LogP contribution is -2.54. The van der Waals surface area contributed by atoms with Gasteiger partial charge in [-0.15, -0.1) is 0 Å². The maximum absolute atomic E-state index is 14.5. The van der Waals surface area contributed by atoms with Gasteiger partial charge in [-0.3, -0.25) is 14.7 Å². The Kier molecular flexibility index (Phi) is 9.12. The molecule has 8 heteroatoms. The van der Waals surface area contributed by atoms with Crippen molar-refractivity contribution in [2.24, 2.45) is 11.8 Å². The molecule has 41 heavy (non-hydrogen) atoms. The van der Waals surface area contributed by atoms with E-state index < -0.39 is 5.82 Å². The van der Waals surface area contributed by atoms with Crippen LogP contribution in [0.25, 0.3) is 16.6 Å². The van der Waals surface area contributed by atoms with Gasteiger partial charge in [0.1, 0.15) is 5.82 Å². The third-order valence-electron chi connectivity index (χ3n) is 8.76. The minimum absolute atomic E-state index is 0.0170. The van der Waals surface area contributed by atoms with E-state index in [-0.39, 0.29) is 18.2 Å². The maximum Gasteiger partial charge on any atom is 0.254 e. The number of carbonyl (C=O) groups excluding carboxylic acids is 1. The van der Waals surface area contributed by atoms with Crippen LogP contribution in [0.1, 0.15) is 69.2 Å². The van der Waals surface area contributed by atoms with E-state index in [4.69, 9.17) is 9.47 Å². The van der Waals surface area contributed by atoms with Gasteiger partial charge in [-0.2, -0.15) is 0 Å². The quantitative estimate of drug-likeness (QED) is 0.287. The Morgan fingerprint density at radius 3 is 2.49 bits per heavy atom. The van der Waals surface area contributed by atoms with Gasteiger partial charge in [-0.25, -0.2) is 4.39 Å². The van der Waals surface area contributed by atoms with Crippen LogP contribution in [0.4, 0.5) is 4.39 Å². The molecule has 222 valence electrons. The third kappa shape index (κ3) is 6.20. The number of hydrogen-bond acceptors (Lipinski definition) is 5. The number of rotatable bonds is 11. The zero-order valence-corrected chi connectivity index (χ0v) is 25.4. The highest BCUT2D eigenvalue weighted by atomic mass is 19.1. The number of aromatic nitrogens is 2. The fourth-order valence-electron chi connectivity index (χ4n) is 6.71. The Bertz CT molecular complexity index is 1360. The highest BCUT2D eigenvalue weighted by molar-refractivity contribution is 6.03. The molecule has 0 N–H and O–H groups in total. The van der Waals surface area contributed by atoms with Gasteiger partial charge in [0.05, 0.1) is 30.5 Å². The zero-order valence-electron chi connectivity index (χ0n) is 25.4. The summed E-state index contributed by atoms with van der Waals surface area (Å²) in [6.07, 6.45) is 6.63. The van der Waals surface area contributed by atoms with Crippen LogP contribution in [0.3, 0.4) is 0 Å². The first kappa shape index (κ1) is 29.7. The van der Waals surface area contributed by atoms with E-state index in [0.29, 0.717) is 43.2 Å². The molecule has 2 saturated heterocycles. The molecule has 2 aliphatic rings. The maximum atomic E-state index is 14.5. The topological polar surface area (TPSA) is 59.3 Å². The molecule has 5 rings (SSSR count). The normalized spacial score (nSPS) is 17.6. The van der Waals surface area contributed by atoms with Gasteiger partial charge in [-0.05, 0) is 82.6 Å². The predicted octanol–water partition coefficient (Wildman–Crippen LogP) is 5.97. The molecule has 2 aliphatic heterocycles. The SMILES string of the molecule is CCN(C(=O)c1cc(F)ccc1-c1cc(CC2CN([C@@H](CCC3OCCO3)C(C)C)C2)n2c(C)cncc12)C(C)C. The van der Waals surface area contributed by atoms with Crippen molar-refractivity contribution in [3.63, 3.8) is 0 Å². The lowest BCUT2D eigenvalue weighted by atomic mass is 9.87. The van der Waals surface area contributed by atoms with Crippen molar-refractivity contribution in [1.29, 1.82) is 0 Å². The van der Waals surface area contributed by atoms with Gasteiger partial charge >= 0.3 is 0 Å². The van der Waals surface area contributed by atoms with Crippen molar-refractivity contribution in [1.82, 2.24) is 19.2 Å². The number of halogens is 1. The van der Waals surface area contributed by atoms with E-state index in [1.807, 2.05) is 33.2 Å². The molecule has 0 bridgehead atoms. The van der Waals surface area contributed by atoms with E-state index in [1.165, 1.54) is 17.8 Å². The monoisotopic (exact) mass is 564 g/mol. The van der Waals surface area contributed by atoms with Crippen LogP contribution in [0.5, 0.6) is 0 Å². The number of carbonyl (C=O) groups is 1. The number of benzene rings is 1. The second-order valence-electron chi connectivity index (χ2n) is 12.3. The molecule has 7 nitrogen and oxygen atoms in total. The molecule has 4 heterocycles. The van der Waals surface area contributed by atoms with Gasteiger partial charge in [0.25, 0.3) is 5.91 Å². The molecule has 2 aromatic heterocycles. The predicted molar refractivity (Wildman–Crippen MR) is 159 cm³/mol. The molecule has 1 amide bonds. The van der Waals surface area contributed by atoms with E-state index in [2.05, 4.69) is 41.1 Å². The minimum atomic E-state index is -0.407. The molecule has 0 saturated carbocycles. The number of fused-ring (bicyclic) bond motifs is 1. The van der Waals surface area contributed by atoms with Crippen LogP contribution in [-0.2, 0) is 15.9 Å². The summed E-state index contributed by atoms with van der Waals surface area (Å²) in [5, 5.41) is 0. The summed E-state index contributed by atoms with van der Waals surface area (Å²) in [4.78, 5) is 22.5. The van der Waals surface area contributed by atoms with Gasteiger partial charge in [0, 0.05) is 54.9 Å². The largest absolute Gasteiger partial charge is 0.350 e. The van der Waals surface area contributed by atoms with Crippen LogP contribution in [0, 0.1) is 24.6 Å². The lowest BCUT2D eigenvalue weighted by molar-refractivity contribution is -0.0586. The number of hydrogen-bond donors (Lipinski definition) is 0. The molecule has 0 unspecified atom stereocenters. The van der Waals surface area contributed by atoms with E-state index in [0.717, 1.165) is 54.7 Å². The zero-order chi connectivity index (χ0) is 29.3. The van der Waals surface area contributed by atoms with Crippen molar-refractivity contribution >= 4 is 11.4 Å². The third-order valence-corrected chi connectivity index (χ3v) is 8.76.